The lowest BCUT2D eigenvalue weighted by Gasteiger charge is -2.27. The Balaban J connectivity index is 0.00000302. The van der Waals surface area contributed by atoms with Crippen molar-refractivity contribution in [2.45, 2.75) is 25.4 Å². The quantitative estimate of drug-likeness (QED) is 0.102. The van der Waals surface area contributed by atoms with E-state index in [0.29, 0.717) is 44.2 Å². The molecule has 2 fully saturated rings. The summed E-state index contributed by atoms with van der Waals surface area (Å²) < 4.78 is 45.8. The fraction of sp³-hybridized carbons (Fsp3) is 0.378. The Morgan fingerprint density at radius 1 is 1.08 bits per heavy atom. The number of pyridine rings is 1. The second-order valence-corrected chi connectivity index (χ2v) is 13.1. The maximum Gasteiger partial charge on any atom is 0.433 e. The number of alkyl halides is 3. The van der Waals surface area contributed by atoms with E-state index in [9.17, 15) is 18.0 Å². The van der Waals surface area contributed by atoms with E-state index in [1.807, 2.05) is 19.2 Å². The Morgan fingerprint density at radius 3 is 2.55 bits per heavy atom. The molecule has 6 rings (SSSR count). The molecular formula is C37H48F3N9O2. The van der Waals surface area contributed by atoms with Gasteiger partial charge in [0.1, 0.15) is 5.69 Å². The van der Waals surface area contributed by atoms with Gasteiger partial charge in [0.15, 0.2) is 0 Å². The molecule has 9 N–H and O–H groups in total. The highest BCUT2D eigenvalue weighted by atomic mass is 19.4. The van der Waals surface area contributed by atoms with Gasteiger partial charge in [-0.1, -0.05) is 30.3 Å². The van der Waals surface area contributed by atoms with Crippen LogP contribution in [0, 0.1) is 10.8 Å². The molecule has 1 aromatic heterocycles. The molecule has 0 bridgehead atoms. The van der Waals surface area contributed by atoms with Crippen molar-refractivity contribution < 1.29 is 24.1 Å². The van der Waals surface area contributed by atoms with Crippen LogP contribution in [0.25, 0.3) is 11.3 Å². The molecule has 0 radical (unpaired) electrons. The Labute approximate surface area is 297 Å². The zero-order valence-corrected chi connectivity index (χ0v) is 28.8. The standard InChI is InChI=1S/C37H43F3N8O2.H3N.H2/c1-44-22-32(42)27-4-2-25(3-5-27)26-9-14-47(15-10-26)24-50-19-18-46-16-11-36(23-46)12-17-48(35(36)49)29-6-7-31(41)30(21-29)34(43)28-8-13-45-33(20-28)37(38,39)40;;/h2-9,13,20-22,43-44H,10-12,14-19,23-24,41-42H2,1H3;1H3;1H/b32-22-,43-34?;;/t36-;;/m0../s1. The van der Waals surface area contributed by atoms with Gasteiger partial charge in [-0.05, 0) is 72.8 Å². The monoisotopic (exact) mass is 707 g/mol. The van der Waals surface area contributed by atoms with E-state index >= 15 is 0 Å². The fourth-order valence-electron chi connectivity index (χ4n) is 7.01. The molecule has 14 heteroatoms. The van der Waals surface area contributed by atoms with Gasteiger partial charge >= 0.3 is 6.18 Å². The molecule has 11 nitrogen and oxygen atoms in total. The number of carbonyl (C=O) groups excluding carboxylic acids is 1. The first-order valence-electron chi connectivity index (χ1n) is 16.8. The molecule has 0 aliphatic carbocycles. The highest BCUT2D eigenvalue weighted by molar-refractivity contribution is 6.14. The maximum atomic E-state index is 13.8. The Hall–Kier alpha value is -4.76. The number of hydrogen-bond acceptors (Lipinski definition) is 10. The van der Waals surface area contributed by atoms with Crippen LogP contribution in [0.2, 0.25) is 0 Å². The number of amides is 1. The fourth-order valence-corrected chi connectivity index (χ4v) is 7.01. The van der Waals surface area contributed by atoms with Crippen LogP contribution in [-0.2, 0) is 15.7 Å². The van der Waals surface area contributed by atoms with Crippen LogP contribution in [0.4, 0.5) is 24.5 Å². The summed E-state index contributed by atoms with van der Waals surface area (Å²) in [7, 11) is 1.83. The van der Waals surface area contributed by atoms with Crippen molar-refractivity contribution in [2.75, 3.05) is 70.3 Å². The number of nitrogens with two attached hydrogens (primary N) is 2. The number of nitrogens with zero attached hydrogens (tertiary/aromatic N) is 4. The number of nitrogen functional groups attached to an aromatic ring is 1. The van der Waals surface area contributed by atoms with Crippen LogP contribution in [0.3, 0.4) is 0 Å². The second kappa shape index (κ2) is 15.6. The zero-order chi connectivity index (χ0) is 35.5. The number of carbonyl (C=O) groups is 1. The first kappa shape index (κ1) is 37.5. The first-order valence-corrected chi connectivity index (χ1v) is 16.8. The summed E-state index contributed by atoms with van der Waals surface area (Å²) in [6, 6.07) is 15.4. The van der Waals surface area contributed by atoms with Crippen molar-refractivity contribution in [1.82, 2.24) is 26.3 Å². The lowest BCUT2D eigenvalue weighted by atomic mass is 9.85. The molecule has 3 aromatic rings. The van der Waals surface area contributed by atoms with Crippen LogP contribution in [0.5, 0.6) is 0 Å². The molecule has 3 aliphatic rings. The second-order valence-electron chi connectivity index (χ2n) is 13.1. The van der Waals surface area contributed by atoms with Crippen molar-refractivity contribution in [3.63, 3.8) is 0 Å². The maximum absolute atomic E-state index is 13.8. The number of hydrogen-bond donors (Lipinski definition) is 5. The Bertz CT molecular complexity index is 1800. The highest BCUT2D eigenvalue weighted by Crippen LogP contribution is 2.43. The molecule has 4 heterocycles. The van der Waals surface area contributed by atoms with E-state index in [2.05, 4.69) is 38.3 Å². The van der Waals surface area contributed by atoms with E-state index in [1.54, 1.807) is 29.3 Å². The van der Waals surface area contributed by atoms with Crippen LogP contribution >= 0.6 is 0 Å². The van der Waals surface area contributed by atoms with Gasteiger partial charge in [0.25, 0.3) is 0 Å². The van der Waals surface area contributed by atoms with Crippen LogP contribution in [0.15, 0.2) is 73.1 Å². The average Bonchev–Trinajstić information content (AvgIpc) is 3.68. The number of likely N-dealkylation sites (tertiary alicyclic amines) is 1. The van der Waals surface area contributed by atoms with Crippen molar-refractivity contribution in [1.29, 1.82) is 5.41 Å². The summed E-state index contributed by atoms with van der Waals surface area (Å²) in [5.74, 6) is 0.0230. The molecule has 274 valence electrons. The number of halogens is 3. The van der Waals surface area contributed by atoms with Gasteiger partial charge < -0.3 is 32.6 Å². The normalized spacial score (nSPS) is 20.1. The number of rotatable bonds is 11. The minimum absolute atomic E-state index is 0. The molecule has 2 aromatic carbocycles. The molecule has 2 saturated heterocycles. The summed E-state index contributed by atoms with van der Waals surface area (Å²) >= 11 is 0. The van der Waals surface area contributed by atoms with Gasteiger partial charge in [-0.25, -0.2) is 0 Å². The van der Waals surface area contributed by atoms with Gasteiger partial charge in [0, 0.05) is 76.1 Å². The molecule has 0 unspecified atom stereocenters. The van der Waals surface area contributed by atoms with Crippen LogP contribution < -0.4 is 27.8 Å². The Morgan fingerprint density at radius 2 is 1.84 bits per heavy atom. The van der Waals surface area contributed by atoms with Gasteiger partial charge in [0.2, 0.25) is 5.91 Å². The van der Waals surface area contributed by atoms with Gasteiger partial charge in [-0.2, -0.15) is 13.2 Å². The smallest absolute Gasteiger partial charge is 0.398 e. The third-order valence-corrected chi connectivity index (χ3v) is 9.91. The molecule has 3 aliphatic heterocycles. The summed E-state index contributed by atoms with van der Waals surface area (Å²) in [6.07, 6.45) is 2.82. The summed E-state index contributed by atoms with van der Waals surface area (Å²) in [5, 5.41) is 11.6. The SMILES string of the molecule is CN/C=C(\N)c1ccc(C2=CCN(COCCN3CC[C@]4(CCN(c5ccc(N)c(C(=N)c6ccnc(C(F)(F)F)c6)c5)C4=O)C3)CC2)cc1.N.[HH]. The molecule has 1 atom stereocenters. The lowest BCUT2D eigenvalue weighted by molar-refractivity contribution is -0.141. The molecular weight excluding hydrogens is 659 g/mol. The van der Waals surface area contributed by atoms with Gasteiger partial charge in [-0.3, -0.25) is 25.0 Å². The molecule has 1 spiro atoms. The summed E-state index contributed by atoms with van der Waals surface area (Å²) in [5.41, 5.74) is 15.8. The van der Waals surface area contributed by atoms with E-state index < -0.39 is 17.3 Å². The zero-order valence-electron chi connectivity index (χ0n) is 28.8. The van der Waals surface area contributed by atoms with E-state index in [0.717, 1.165) is 56.8 Å². The minimum atomic E-state index is -4.63. The van der Waals surface area contributed by atoms with E-state index in [-0.39, 0.29) is 36.0 Å². The molecule has 1 amide bonds. The third kappa shape index (κ3) is 8.25. The largest absolute Gasteiger partial charge is 0.433 e. The number of benzene rings is 2. The molecule has 51 heavy (non-hydrogen) atoms. The topological polar surface area (TPSA) is 172 Å². The minimum Gasteiger partial charge on any atom is -0.398 e. The lowest BCUT2D eigenvalue weighted by Crippen LogP contribution is -2.38. The average molecular weight is 708 g/mol. The first-order chi connectivity index (χ1) is 24.0. The van der Waals surface area contributed by atoms with E-state index in [4.69, 9.17) is 21.6 Å². The molecule has 0 saturated carbocycles. The van der Waals surface area contributed by atoms with Crippen molar-refractivity contribution in [3.8, 4) is 0 Å². The van der Waals surface area contributed by atoms with Crippen LogP contribution in [-0.4, -0.2) is 86.1 Å². The van der Waals surface area contributed by atoms with E-state index in [1.165, 1.54) is 17.2 Å². The predicted octanol–water partition coefficient (Wildman–Crippen LogP) is 5.18. The van der Waals surface area contributed by atoms with Crippen molar-refractivity contribution in [3.05, 3.63) is 101 Å². The van der Waals surface area contributed by atoms with Gasteiger partial charge in [-0.15, -0.1) is 0 Å². The third-order valence-electron chi connectivity index (χ3n) is 9.91. The van der Waals surface area contributed by atoms with Gasteiger partial charge in [0.05, 0.1) is 30.2 Å². The van der Waals surface area contributed by atoms with Crippen LogP contribution in [0.1, 0.15) is 48.6 Å². The van der Waals surface area contributed by atoms with Crippen molar-refractivity contribution in [2.24, 2.45) is 11.1 Å². The number of anilines is 2. The Kier molecular flexibility index (Phi) is 11.5. The summed E-state index contributed by atoms with van der Waals surface area (Å²) in [4.78, 5) is 23.5. The summed E-state index contributed by atoms with van der Waals surface area (Å²) in [6.45, 7) is 5.54. The predicted molar refractivity (Wildman–Crippen MR) is 196 cm³/mol. The van der Waals surface area contributed by atoms with Crippen molar-refractivity contribution >= 4 is 34.3 Å². The number of aromatic nitrogens is 1. The number of nitrogens with one attached hydrogen (secondary N) is 2. The number of ether oxygens (including phenoxy) is 1. The highest BCUT2D eigenvalue weighted by Gasteiger charge is 2.51.